The van der Waals surface area contributed by atoms with Gasteiger partial charge in [0, 0.05) is 23.0 Å². The number of hydrogen-bond donors (Lipinski definition) is 1. The SMILES string of the molecule is OC(CSC1CCCCC1)Cc1c(F)ccc(Br)c1F. The standard InChI is InChI=1S/C15H19BrF2OS/c16-13-6-7-14(17)12(15(13)18)8-10(19)9-20-11-4-2-1-3-5-11/h6-7,10-11,19H,1-5,8-9H2. The van der Waals surface area contributed by atoms with Gasteiger partial charge in [0.25, 0.3) is 0 Å². The summed E-state index contributed by atoms with van der Waals surface area (Å²) in [7, 11) is 0. The molecule has 1 saturated carbocycles. The van der Waals surface area contributed by atoms with Crippen LogP contribution in [0.2, 0.25) is 0 Å². The van der Waals surface area contributed by atoms with E-state index in [2.05, 4.69) is 15.9 Å². The molecule has 1 nitrogen and oxygen atoms in total. The van der Waals surface area contributed by atoms with Gasteiger partial charge < -0.3 is 5.11 Å². The first-order valence-corrected chi connectivity index (χ1v) is 8.84. The quantitative estimate of drug-likeness (QED) is 0.764. The van der Waals surface area contributed by atoms with E-state index in [1.165, 1.54) is 44.2 Å². The van der Waals surface area contributed by atoms with Crippen LogP contribution < -0.4 is 0 Å². The molecule has 1 N–H and O–H groups in total. The van der Waals surface area contributed by atoms with Crippen molar-refractivity contribution < 1.29 is 13.9 Å². The number of halogens is 3. The maximum Gasteiger partial charge on any atom is 0.143 e. The molecule has 0 radical (unpaired) electrons. The zero-order valence-corrected chi connectivity index (χ0v) is 13.7. The van der Waals surface area contributed by atoms with Crippen LogP contribution in [-0.2, 0) is 6.42 Å². The lowest BCUT2D eigenvalue weighted by molar-refractivity contribution is 0.197. The highest BCUT2D eigenvalue weighted by molar-refractivity contribution is 9.10. The average molecular weight is 365 g/mol. The molecule has 2 rings (SSSR count). The molecule has 0 aromatic heterocycles. The Bertz CT molecular complexity index is 450. The van der Waals surface area contributed by atoms with Gasteiger partial charge >= 0.3 is 0 Å². The first-order chi connectivity index (χ1) is 9.58. The molecule has 20 heavy (non-hydrogen) atoms. The van der Waals surface area contributed by atoms with E-state index in [9.17, 15) is 13.9 Å². The van der Waals surface area contributed by atoms with E-state index in [0.717, 1.165) is 0 Å². The molecule has 1 atom stereocenters. The topological polar surface area (TPSA) is 20.2 Å². The fourth-order valence-corrected chi connectivity index (χ4v) is 4.18. The highest BCUT2D eigenvalue weighted by atomic mass is 79.9. The van der Waals surface area contributed by atoms with Crippen LogP contribution in [0.25, 0.3) is 0 Å². The molecule has 1 aliphatic carbocycles. The molecule has 5 heteroatoms. The van der Waals surface area contributed by atoms with Crippen molar-refractivity contribution in [2.75, 3.05) is 5.75 Å². The Morgan fingerprint density at radius 3 is 2.65 bits per heavy atom. The van der Waals surface area contributed by atoms with Gasteiger partial charge in [-0.25, -0.2) is 8.78 Å². The molecule has 112 valence electrons. The van der Waals surface area contributed by atoms with Crippen LogP contribution in [0.4, 0.5) is 8.78 Å². The average Bonchev–Trinajstić information content (AvgIpc) is 2.46. The third kappa shape index (κ3) is 4.43. The van der Waals surface area contributed by atoms with E-state index in [-0.39, 0.29) is 16.5 Å². The summed E-state index contributed by atoms with van der Waals surface area (Å²) < 4.78 is 27.7. The molecule has 1 aromatic carbocycles. The molecule has 0 aliphatic heterocycles. The molecule has 1 aliphatic rings. The summed E-state index contributed by atoms with van der Waals surface area (Å²) in [4.78, 5) is 0. The Morgan fingerprint density at radius 1 is 1.25 bits per heavy atom. The van der Waals surface area contributed by atoms with Crippen LogP contribution in [0.3, 0.4) is 0 Å². The Kier molecular flexibility index (Phi) is 6.30. The van der Waals surface area contributed by atoms with Crippen LogP contribution in [0.1, 0.15) is 37.7 Å². The molecular formula is C15H19BrF2OS. The van der Waals surface area contributed by atoms with Gasteiger partial charge in [-0.05, 0) is 40.9 Å². The first kappa shape index (κ1) is 16.2. The molecular weight excluding hydrogens is 346 g/mol. The summed E-state index contributed by atoms with van der Waals surface area (Å²) in [6.45, 7) is 0. The molecule has 0 spiro atoms. The van der Waals surface area contributed by atoms with Crippen molar-refractivity contribution >= 4 is 27.7 Å². The van der Waals surface area contributed by atoms with Crippen molar-refractivity contribution in [2.24, 2.45) is 0 Å². The lowest BCUT2D eigenvalue weighted by Crippen LogP contribution is -2.19. The summed E-state index contributed by atoms with van der Waals surface area (Å²) in [6, 6.07) is 2.57. The highest BCUT2D eigenvalue weighted by Crippen LogP contribution is 2.29. The normalized spacial score (nSPS) is 18.2. The highest BCUT2D eigenvalue weighted by Gasteiger charge is 2.19. The minimum atomic E-state index is -0.708. The number of thioether (sulfide) groups is 1. The van der Waals surface area contributed by atoms with Crippen molar-refractivity contribution in [3.8, 4) is 0 Å². The van der Waals surface area contributed by atoms with Crippen LogP contribution in [0.15, 0.2) is 16.6 Å². The third-order valence-corrected chi connectivity index (χ3v) is 5.79. The van der Waals surface area contributed by atoms with Gasteiger partial charge in [0.05, 0.1) is 10.6 Å². The second-order valence-corrected chi connectivity index (χ2v) is 7.46. The van der Waals surface area contributed by atoms with E-state index in [1.54, 1.807) is 11.8 Å². The maximum atomic E-state index is 13.8. The van der Waals surface area contributed by atoms with E-state index in [0.29, 0.717) is 11.0 Å². The smallest absolute Gasteiger partial charge is 0.143 e. The van der Waals surface area contributed by atoms with Crippen LogP contribution in [0.5, 0.6) is 0 Å². The molecule has 1 unspecified atom stereocenters. The second kappa shape index (κ2) is 7.76. The zero-order chi connectivity index (χ0) is 14.5. The maximum absolute atomic E-state index is 13.8. The Hall–Kier alpha value is -0.130. The van der Waals surface area contributed by atoms with Crippen LogP contribution in [-0.4, -0.2) is 22.2 Å². The minimum Gasteiger partial charge on any atom is -0.392 e. The van der Waals surface area contributed by atoms with Crippen molar-refractivity contribution in [2.45, 2.75) is 49.9 Å². The summed E-state index contributed by atoms with van der Waals surface area (Å²) in [5.41, 5.74) is -0.0314. The summed E-state index contributed by atoms with van der Waals surface area (Å²) in [5.74, 6) is -0.657. The lowest BCUT2D eigenvalue weighted by Gasteiger charge is -2.22. The summed E-state index contributed by atoms with van der Waals surface area (Å²) in [6.07, 6.45) is 5.50. The predicted molar refractivity (Wildman–Crippen MR) is 83.1 cm³/mol. The predicted octanol–water partition coefficient (Wildman–Crippen LogP) is 4.70. The van der Waals surface area contributed by atoms with E-state index >= 15 is 0 Å². The Labute approximate surface area is 131 Å². The van der Waals surface area contributed by atoms with Gasteiger partial charge in [0.15, 0.2) is 0 Å². The molecule has 0 amide bonds. The van der Waals surface area contributed by atoms with E-state index in [4.69, 9.17) is 0 Å². The second-order valence-electron chi connectivity index (χ2n) is 5.27. The van der Waals surface area contributed by atoms with Gasteiger partial charge in [-0.15, -0.1) is 0 Å². The van der Waals surface area contributed by atoms with Crippen molar-refractivity contribution in [3.63, 3.8) is 0 Å². The van der Waals surface area contributed by atoms with E-state index in [1.807, 2.05) is 0 Å². The van der Waals surface area contributed by atoms with Gasteiger partial charge in [-0.1, -0.05) is 19.3 Å². The van der Waals surface area contributed by atoms with E-state index < -0.39 is 17.7 Å². The molecule has 0 bridgehead atoms. The largest absolute Gasteiger partial charge is 0.392 e. The monoisotopic (exact) mass is 364 g/mol. The third-order valence-electron chi connectivity index (χ3n) is 3.66. The Morgan fingerprint density at radius 2 is 1.95 bits per heavy atom. The van der Waals surface area contributed by atoms with Crippen molar-refractivity contribution in [1.29, 1.82) is 0 Å². The first-order valence-electron chi connectivity index (χ1n) is 7.00. The fourth-order valence-electron chi connectivity index (χ4n) is 2.53. The van der Waals surface area contributed by atoms with Crippen molar-refractivity contribution in [3.05, 3.63) is 33.8 Å². The molecule has 0 saturated heterocycles. The number of benzene rings is 1. The molecule has 1 aromatic rings. The van der Waals surface area contributed by atoms with Gasteiger partial charge in [-0.2, -0.15) is 11.8 Å². The number of hydrogen-bond acceptors (Lipinski definition) is 2. The van der Waals surface area contributed by atoms with Crippen molar-refractivity contribution in [1.82, 2.24) is 0 Å². The molecule has 1 fully saturated rings. The number of aliphatic hydroxyl groups is 1. The van der Waals surface area contributed by atoms with Gasteiger partial charge in [-0.3, -0.25) is 0 Å². The number of rotatable bonds is 5. The lowest BCUT2D eigenvalue weighted by atomic mass is 10.0. The summed E-state index contributed by atoms with van der Waals surface area (Å²) in [5, 5.41) is 10.6. The van der Waals surface area contributed by atoms with Gasteiger partial charge in [0.1, 0.15) is 11.6 Å². The van der Waals surface area contributed by atoms with Gasteiger partial charge in [0.2, 0.25) is 0 Å². The Balaban J connectivity index is 1.88. The number of aliphatic hydroxyl groups excluding tert-OH is 1. The summed E-state index contributed by atoms with van der Waals surface area (Å²) >= 11 is 4.78. The molecule has 0 heterocycles. The zero-order valence-electron chi connectivity index (χ0n) is 11.2. The van der Waals surface area contributed by atoms with Crippen LogP contribution in [0, 0.1) is 11.6 Å². The minimum absolute atomic E-state index is 0.0246. The fraction of sp³-hybridized carbons (Fsp3) is 0.600. The van der Waals surface area contributed by atoms with Crippen LogP contribution >= 0.6 is 27.7 Å².